The first-order valence-corrected chi connectivity index (χ1v) is 8.63. The van der Waals surface area contributed by atoms with Crippen molar-refractivity contribution in [1.29, 1.82) is 0 Å². The van der Waals surface area contributed by atoms with Crippen molar-refractivity contribution in [3.63, 3.8) is 0 Å². The molecule has 0 aromatic heterocycles. The van der Waals surface area contributed by atoms with Gasteiger partial charge in [0, 0.05) is 32.6 Å². The lowest BCUT2D eigenvalue weighted by atomic mass is 9.99. The molecule has 0 amide bonds. The van der Waals surface area contributed by atoms with Crippen molar-refractivity contribution in [3.8, 4) is 0 Å². The summed E-state index contributed by atoms with van der Waals surface area (Å²) < 4.78 is 5.35. The molecule has 1 saturated heterocycles. The standard InChI is InChI=1S/C19H27N3O.HI/c1-20-19(21-11-7-16-9-13-23-14-10-16)22-12-8-18(15-22)17-5-3-2-4-6-17;/h2-6,9,18H,7-8,10-15H2,1H3,(H,20,21);1H. The van der Waals surface area contributed by atoms with E-state index in [-0.39, 0.29) is 24.0 Å². The lowest BCUT2D eigenvalue weighted by molar-refractivity contribution is 0.153. The molecule has 2 aliphatic rings. The Morgan fingerprint density at radius 2 is 2.17 bits per heavy atom. The van der Waals surface area contributed by atoms with Crippen LogP contribution in [0.4, 0.5) is 0 Å². The molecule has 0 radical (unpaired) electrons. The second kappa shape index (κ2) is 10.0. The van der Waals surface area contributed by atoms with Gasteiger partial charge in [-0.2, -0.15) is 0 Å². The zero-order valence-corrected chi connectivity index (χ0v) is 16.7. The van der Waals surface area contributed by atoms with E-state index in [1.807, 2.05) is 7.05 Å². The molecular weight excluding hydrogens is 413 g/mol. The fourth-order valence-electron chi connectivity index (χ4n) is 3.41. The largest absolute Gasteiger partial charge is 0.377 e. The highest BCUT2D eigenvalue weighted by atomic mass is 127. The van der Waals surface area contributed by atoms with Crippen LogP contribution in [0.5, 0.6) is 0 Å². The van der Waals surface area contributed by atoms with Gasteiger partial charge in [0.05, 0.1) is 13.2 Å². The molecule has 24 heavy (non-hydrogen) atoms. The van der Waals surface area contributed by atoms with Crippen molar-refractivity contribution in [2.45, 2.75) is 25.2 Å². The van der Waals surface area contributed by atoms with E-state index in [2.05, 4.69) is 51.6 Å². The van der Waals surface area contributed by atoms with E-state index in [9.17, 15) is 0 Å². The molecule has 2 aliphatic heterocycles. The Hall–Kier alpha value is -1.08. The average molecular weight is 441 g/mol. The lowest BCUT2D eigenvalue weighted by Crippen LogP contribution is -2.40. The normalized spacial score (nSPS) is 21.2. The Morgan fingerprint density at radius 3 is 2.88 bits per heavy atom. The molecule has 1 atom stereocenters. The first-order chi connectivity index (χ1) is 11.4. The second-order valence-corrected chi connectivity index (χ2v) is 6.25. The molecule has 0 bridgehead atoms. The van der Waals surface area contributed by atoms with E-state index in [1.54, 1.807) is 0 Å². The highest BCUT2D eigenvalue weighted by Gasteiger charge is 2.25. The number of nitrogens with one attached hydrogen (secondary N) is 1. The quantitative estimate of drug-likeness (QED) is 0.337. The Balaban J connectivity index is 0.00000208. The van der Waals surface area contributed by atoms with E-state index in [4.69, 9.17) is 4.74 Å². The van der Waals surface area contributed by atoms with Crippen molar-refractivity contribution < 1.29 is 4.74 Å². The molecule has 1 aromatic rings. The van der Waals surface area contributed by atoms with Crippen LogP contribution in [-0.2, 0) is 4.74 Å². The van der Waals surface area contributed by atoms with Crippen LogP contribution in [0.15, 0.2) is 47.0 Å². The average Bonchev–Trinajstić information content (AvgIpc) is 3.10. The van der Waals surface area contributed by atoms with Gasteiger partial charge in [0.2, 0.25) is 0 Å². The minimum absolute atomic E-state index is 0. The van der Waals surface area contributed by atoms with E-state index >= 15 is 0 Å². The predicted octanol–water partition coefficient (Wildman–Crippen LogP) is 3.41. The molecule has 1 fully saturated rings. The van der Waals surface area contributed by atoms with E-state index in [1.165, 1.54) is 17.6 Å². The molecule has 0 aliphatic carbocycles. The summed E-state index contributed by atoms with van der Waals surface area (Å²) in [7, 11) is 1.88. The van der Waals surface area contributed by atoms with Gasteiger partial charge in [0.25, 0.3) is 0 Å². The van der Waals surface area contributed by atoms with E-state index in [0.717, 1.165) is 51.6 Å². The van der Waals surface area contributed by atoms with E-state index in [0.29, 0.717) is 5.92 Å². The monoisotopic (exact) mass is 441 g/mol. The number of hydrogen-bond donors (Lipinski definition) is 1. The van der Waals surface area contributed by atoms with Crippen LogP contribution in [0.3, 0.4) is 0 Å². The summed E-state index contributed by atoms with van der Waals surface area (Å²) in [5.74, 6) is 1.66. The van der Waals surface area contributed by atoms with E-state index < -0.39 is 0 Å². The van der Waals surface area contributed by atoms with Crippen molar-refractivity contribution >= 4 is 29.9 Å². The van der Waals surface area contributed by atoms with Crippen molar-refractivity contribution in [2.75, 3.05) is 39.9 Å². The van der Waals surface area contributed by atoms with Crippen LogP contribution < -0.4 is 5.32 Å². The van der Waals surface area contributed by atoms with Gasteiger partial charge in [-0.3, -0.25) is 4.99 Å². The van der Waals surface area contributed by atoms with Gasteiger partial charge in [-0.15, -0.1) is 24.0 Å². The Labute approximate surface area is 162 Å². The molecule has 1 N–H and O–H groups in total. The van der Waals surface area contributed by atoms with Crippen molar-refractivity contribution in [3.05, 3.63) is 47.5 Å². The maximum atomic E-state index is 5.35. The van der Waals surface area contributed by atoms with Crippen LogP contribution in [0.1, 0.15) is 30.7 Å². The summed E-state index contributed by atoms with van der Waals surface area (Å²) in [6, 6.07) is 10.8. The highest BCUT2D eigenvalue weighted by molar-refractivity contribution is 14.0. The van der Waals surface area contributed by atoms with Crippen LogP contribution in [0.2, 0.25) is 0 Å². The Morgan fingerprint density at radius 1 is 1.33 bits per heavy atom. The first-order valence-electron chi connectivity index (χ1n) is 8.63. The molecule has 5 heteroatoms. The number of halogens is 1. The number of ether oxygens (including phenoxy) is 1. The number of likely N-dealkylation sites (tertiary alicyclic amines) is 1. The Bertz CT molecular complexity index is 559. The number of nitrogens with zero attached hydrogens (tertiary/aromatic N) is 2. The summed E-state index contributed by atoms with van der Waals surface area (Å²) in [6.45, 7) is 4.72. The molecule has 1 unspecified atom stereocenters. The number of aliphatic imine (C=N–C) groups is 1. The van der Waals surface area contributed by atoms with Gasteiger partial charge in [-0.25, -0.2) is 0 Å². The Kier molecular flexibility index (Phi) is 8.05. The number of hydrogen-bond acceptors (Lipinski definition) is 2. The van der Waals surface area contributed by atoms with Gasteiger partial charge < -0.3 is 15.0 Å². The summed E-state index contributed by atoms with van der Waals surface area (Å²) >= 11 is 0. The molecular formula is C19H28IN3O. The van der Waals surface area contributed by atoms with Gasteiger partial charge in [-0.05, 0) is 24.8 Å². The number of benzene rings is 1. The zero-order chi connectivity index (χ0) is 15.9. The number of guanidine groups is 1. The molecule has 3 rings (SSSR count). The lowest BCUT2D eigenvalue weighted by Gasteiger charge is -2.22. The third-order valence-corrected chi connectivity index (χ3v) is 4.76. The van der Waals surface area contributed by atoms with Crippen molar-refractivity contribution in [1.82, 2.24) is 10.2 Å². The molecule has 1 aromatic carbocycles. The summed E-state index contributed by atoms with van der Waals surface area (Å²) in [5, 5.41) is 3.52. The van der Waals surface area contributed by atoms with Crippen LogP contribution in [-0.4, -0.2) is 50.8 Å². The minimum Gasteiger partial charge on any atom is -0.377 e. The first kappa shape index (κ1) is 19.2. The smallest absolute Gasteiger partial charge is 0.193 e. The predicted molar refractivity (Wildman–Crippen MR) is 110 cm³/mol. The molecule has 4 nitrogen and oxygen atoms in total. The molecule has 0 saturated carbocycles. The van der Waals surface area contributed by atoms with Crippen LogP contribution >= 0.6 is 24.0 Å². The fourth-order valence-corrected chi connectivity index (χ4v) is 3.41. The van der Waals surface area contributed by atoms with Gasteiger partial charge in [0.15, 0.2) is 5.96 Å². The van der Waals surface area contributed by atoms with Crippen molar-refractivity contribution in [2.24, 2.45) is 4.99 Å². The second-order valence-electron chi connectivity index (χ2n) is 6.25. The van der Waals surface area contributed by atoms with Gasteiger partial charge in [0.1, 0.15) is 0 Å². The summed E-state index contributed by atoms with van der Waals surface area (Å²) in [5.41, 5.74) is 2.95. The fraction of sp³-hybridized carbons (Fsp3) is 0.526. The molecule has 132 valence electrons. The highest BCUT2D eigenvalue weighted by Crippen LogP contribution is 2.26. The SMILES string of the molecule is CN=C(NCCC1=CCOCC1)N1CCC(c2ccccc2)C1.I. The van der Waals surface area contributed by atoms with Crippen LogP contribution in [0, 0.1) is 0 Å². The topological polar surface area (TPSA) is 36.9 Å². The van der Waals surface area contributed by atoms with Gasteiger partial charge >= 0.3 is 0 Å². The molecule has 2 heterocycles. The number of rotatable bonds is 4. The third kappa shape index (κ3) is 5.21. The maximum absolute atomic E-state index is 5.35. The zero-order valence-electron chi connectivity index (χ0n) is 14.4. The third-order valence-electron chi connectivity index (χ3n) is 4.76. The summed E-state index contributed by atoms with van der Waals surface area (Å²) in [6.07, 6.45) is 5.57. The maximum Gasteiger partial charge on any atom is 0.193 e. The van der Waals surface area contributed by atoms with Crippen LogP contribution in [0.25, 0.3) is 0 Å². The van der Waals surface area contributed by atoms with Gasteiger partial charge in [-0.1, -0.05) is 42.0 Å². The molecule has 0 spiro atoms. The minimum atomic E-state index is 0. The summed E-state index contributed by atoms with van der Waals surface area (Å²) in [4.78, 5) is 6.85.